The first-order valence-corrected chi connectivity index (χ1v) is 4.83. The van der Waals surface area contributed by atoms with Crippen molar-refractivity contribution >= 4 is 0 Å². The Morgan fingerprint density at radius 3 is 2.80 bits per heavy atom. The molecule has 0 spiro atoms. The molecule has 0 amide bonds. The van der Waals surface area contributed by atoms with Gasteiger partial charge in [-0.1, -0.05) is 23.4 Å². The monoisotopic (exact) mass is 203 g/mol. The summed E-state index contributed by atoms with van der Waals surface area (Å²) in [5.74, 6) is 1.17. The van der Waals surface area contributed by atoms with Crippen LogP contribution in [0.2, 0.25) is 0 Å². The lowest BCUT2D eigenvalue weighted by Gasteiger charge is -2.05. The summed E-state index contributed by atoms with van der Waals surface area (Å²) >= 11 is 0. The molecule has 0 bridgehead atoms. The van der Waals surface area contributed by atoms with E-state index in [0.717, 1.165) is 11.1 Å². The molecular weight excluding hydrogens is 190 g/mol. The van der Waals surface area contributed by atoms with E-state index in [1.165, 1.54) is 0 Å². The minimum absolute atomic E-state index is 0.0120. The summed E-state index contributed by atoms with van der Waals surface area (Å²) in [4.78, 5) is 4.16. The van der Waals surface area contributed by atoms with E-state index < -0.39 is 0 Å². The topological polar surface area (TPSA) is 64.9 Å². The van der Waals surface area contributed by atoms with E-state index in [2.05, 4.69) is 10.1 Å². The third-order valence-corrected chi connectivity index (χ3v) is 2.20. The Labute approximate surface area is 88.1 Å². The molecule has 0 aliphatic carbocycles. The van der Waals surface area contributed by atoms with Crippen LogP contribution in [-0.2, 0) is 0 Å². The molecule has 2 N–H and O–H groups in total. The second kappa shape index (κ2) is 3.82. The predicted molar refractivity (Wildman–Crippen MR) is 57.1 cm³/mol. The molecule has 0 aliphatic heterocycles. The first-order chi connectivity index (χ1) is 7.16. The SMILES string of the molecule is Cc1nc(-c2cccc(C(C)N)c2)no1. The van der Waals surface area contributed by atoms with Gasteiger partial charge in [0.25, 0.3) is 0 Å². The van der Waals surface area contributed by atoms with E-state index in [-0.39, 0.29) is 6.04 Å². The molecule has 1 heterocycles. The summed E-state index contributed by atoms with van der Waals surface area (Å²) in [6.07, 6.45) is 0. The first-order valence-electron chi connectivity index (χ1n) is 4.83. The van der Waals surface area contributed by atoms with Crippen LogP contribution in [0.4, 0.5) is 0 Å². The van der Waals surface area contributed by atoms with Crippen LogP contribution >= 0.6 is 0 Å². The largest absolute Gasteiger partial charge is 0.339 e. The molecule has 4 heteroatoms. The molecule has 4 nitrogen and oxygen atoms in total. The smallest absolute Gasteiger partial charge is 0.223 e. The molecule has 0 radical (unpaired) electrons. The van der Waals surface area contributed by atoms with Crippen LogP contribution in [0.3, 0.4) is 0 Å². The van der Waals surface area contributed by atoms with Crippen molar-refractivity contribution in [2.45, 2.75) is 19.9 Å². The molecular formula is C11H13N3O. The summed E-state index contributed by atoms with van der Waals surface area (Å²) < 4.78 is 4.93. The summed E-state index contributed by atoms with van der Waals surface area (Å²) in [7, 11) is 0. The highest BCUT2D eigenvalue weighted by atomic mass is 16.5. The average Bonchev–Trinajstić information content (AvgIpc) is 2.65. The molecule has 0 saturated heterocycles. The number of nitrogens with zero attached hydrogens (tertiary/aromatic N) is 2. The van der Waals surface area contributed by atoms with Crippen LogP contribution < -0.4 is 5.73 Å². The van der Waals surface area contributed by atoms with Crippen LogP contribution in [-0.4, -0.2) is 10.1 Å². The highest BCUT2D eigenvalue weighted by Gasteiger charge is 2.07. The van der Waals surface area contributed by atoms with Crippen molar-refractivity contribution in [3.05, 3.63) is 35.7 Å². The second-order valence-corrected chi connectivity index (χ2v) is 3.55. The zero-order valence-electron chi connectivity index (χ0n) is 8.77. The van der Waals surface area contributed by atoms with Crippen molar-refractivity contribution in [3.8, 4) is 11.4 Å². The van der Waals surface area contributed by atoms with Crippen LogP contribution in [0.25, 0.3) is 11.4 Å². The van der Waals surface area contributed by atoms with E-state index >= 15 is 0 Å². The van der Waals surface area contributed by atoms with Gasteiger partial charge in [0.1, 0.15) is 0 Å². The van der Waals surface area contributed by atoms with Crippen molar-refractivity contribution < 1.29 is 4.52 Å². The zero-order valence-corrected chi connectivity index (χ0v) is 8.77. The molecule has 1 unspecified atom stereocenters. The van der Waals surface area contributed by atoms with Crippen molar-refractivity contribution in [1.82, 2.24) is 10.1 Å². The Morgan fingerprint density at radius 2 is 2.20 bits per heavy atom. The third-order valence-electron chi connectivity index (χ3n) is 2.20. The van der Waals surface area contributed by atoms with Crippen molar-refractivity contribution in [2.24, 2.45) is 5.73 Å². The third kappa shape index (κ3) is 2.05. The fourth-order valence-electron chi connectivity index (χ4n) is 1.38. The molecule has 0 aliphatic rings. The highest BCUT2D eigenvalue weighted by molar-refractivity contribution is 5.55. The van der Waals surface area contributed by atoms with Gasteiger partial charge in [-0.25, -0.2) is 0 Å². The lowest BCUT2D eigenvalue weighted by molar-refractivity contribution is 0.394. The van der Waals surface area contributed by atoms with Gasteiger partial charge in [0.2, 0.25) is 11.7 Å². The molecule has 2 aromatic rings. The number of hydrogen-bond donors (Lipinski definition) is 1. The van der Waals surface area contributed by atoms with Crippen molar-refractivity contribution in [1.29, 1.82) is 0 Å². The number of aromatic nitrogens is 2. The molecule has 1 aromatic carbocycles. The number of nitrogens with two attached hydrogens (primary N) is 1. The number of rotatable bonds is 2. The number of aryl methyl sites for hydroxylation is 1. The van der Waals surface area contributed by atoms with Gasteiger partial charge < -0.3 is 10.3 Å². The molecule has 0 fully saturated rings. The highest BCUT2D eigenvalue weighted by Crippen LogP contribution is 2.19. The fraction of sp³-hybridized carbons (Fsp3) is 0.273. The van der Waals surface area contributed by atoms with Gasteiger partial charge in [-0.2, -0.15) is 4.98 Å². The molecule has 1 atom stereocenters. The minimum atomic E-state index is 0.0120. The maximum Gasteiger partial charge on any atom is 0.223 e. The van der Waals surface area contributed by atoms with Crippen molar-refractivity contribution in [3.63, 3.8) is 0 Å². The Morgan fingerprint density at radius 1 is 1.40 bits per heavy atom. The minimum Gasteiger partial charge on any atom is -0.339 e. The van der Waals surface area contributed by atoms with Gasteiger partial charge in [0.05, 0.1) is 0 Å². The van der Waals surface area contributed by atoms with E-state index in [1.807, 2.05) is 31.2 Å². The molecule has 2 rings (SSSR count). The molecule has 78 valence electrons. The number of benzene rings is 1. The lowest BCUT2D eigenvalue weighted by atomic mass is 10.1. The van der Waals surface area contributed by atoms with E-state index in [1.54, 1.807) is 6.92 Å². The Bertz CT molecular complexity index is 462. The summed E-state index contributed by atoms with van der Waals surface area (Å²) in [5, 5.41) is 3.86. The van der Waals surface area contributed by atoms with E-state index in [0.29, 0.717) is 11.7 Å². The Kier molecular flexibility index (Phi) is 2.51. The normalized spacial score (nSPS) is 12.7. The standard InChI is InChI=1S/C11H13N3O/c1-7(12)9-4-3-5-10(6-9)11-13-8(2)15-14-11/h3-7H,12H2,1-2H3. The maximum atomic E-state index is 5.80. The Balaban J connectivity index is 2.41. The van der Waals surface area contributed by atoms with Gasteiger partial charge in [0, 0.05) is 18.5 Å². The molecule has 15 heavy (non-hydrogen) atoms. The lowest BCUT2D eigenvalue weighted by Crippen LogP contribution is -2.04. The molecule has 1 aromatic heterocycles. The van der Waals surface area contributed by atoms with Crippen LogP contribution in [0.1, 0.15) is 24.4 Å². The summed E-state index contributed by atoms with van der Waals surface area (Å²) in [5.41, 5.74) is 7.80. The fourth-order valence-corrected chi connectivity index (χ4v) is 1.38. The predicted octanol–water partition coefficient (Wildman–Crippen LogP) is 2.06. The maximum absolute atomic E-state index is 5.80. The van der Waals surface area contributed by atoms with Gasteiger partial charge in [-0.05, 0) is 18.6 Å². The van der Waals surface area contributed by atoms with E-state index in [9.17, 15) is 0 Å². The van der Waals surface area contributed by atoms with Crippen LogP contribution in [0.5, 0.6) is 0 Å². The van der Waals surface area contributed by atoms with Gasteiger partial charge in [-0.3, -0.25) is 0 Å². The summed E-state index contributed by atoms with van der Waals surface area (Å²) in [6, 6.07) is 7.87. The van der Waals surface area contributed by atoms with Gasteiger partial charge >= 0.3 is 0 Å². The van der Waals surface area contributed by atoms with Gasteiger partial charge in [0.15, 0.2) is 0 Å². The average molecular weight is 203 g/mol. The van der Waals surface area contributed by atoms with Gasteiger partial charge in [-0.15, -0.1) is 0 Å². The van der Waals surface area contributed by atoms with Crippen LogP contribution in [0, 0.1) is 6.92 Å². The van der Waals surface area contributed by atoms with E-state index in [4.69, 9.17) is 10.3 Å². The van der Waals surface area contributed by atoms with Crippen molar-refractivity contribution in [2.75, 3.05) is 0 Å². The zero-order chi connectivity index (χ0) is 10.8. The Hall–Kier alpha value is -1.68. The summed E-state index contributed by atoms with van der Waals surface area (Å²) in [6.45, 7) is 3.71. The van der Waals surface area contributed by atoms with Crippen LogP contribution in [0.15, 0.2) is 28.8 Å². The number of hydrogen-bond acceptors (Lipinski definition) is 4. The molecule has 0 saturated carbocycles. The second-order valence-electron chi connectivity index (χ2n) is 3.55. The quantitative estimate of drug-likeness (QED) is 0.811. The first kappa shape index (κ1) is 9.86.